The third-order valence-corrected chi connectivity index (χ3v) is 1.57. The predicted octanol–water partition coefficient (Wildman–Crippen LogP) is 0.328. The topological polar surface area (TPSA) is 68.4 Å². The van der Waals surface area contributed by atoms with Gasteiger partial charge in [0.05, 0.1) is 18.5 Å². The van der Waals surface area contributed by atoms with Gasteiger partial charge in [0.25, 0.3) is 0 Å². The van der Waals surface area contributed by atoms with Crippen LogP contribution in [-0.4, -0.2) is 39.6 Å². The van der Waals surface area contributed by atoms with E-state index in [1.807, 2.05) is 0 Å². The lowest BCUT2D eigenvalue weighted by Gasteiger charge is -2.21. The van der Waals surface area contributed by atoms with Gasteiger partial charge >= 0.3 is 0 Å². The second-order valence-corrected chi connectivity index (χ2v) is 2.90. The Morgan fingerprint density at radius 1 is 1.73 bits per heavy atom. The minimum absolute atomic E-state index is 0.303. The summed E-state index contributed by atoms with van der Waals surface area (Å²) in [5, 5.41) is 21.3. The molecule has 11 heavy (non-hydrogen) atoms. The Morgan fingerprint density at radius 2 is 2.36 bits per heavy atom. The van der Waals surface area contributed by atoms with Crippen LogP contribution in [0.1, 0.15) is 13.8 Å². The van der Waals surface area contributed by atoms with Gasteiger partial charge in [-0.2, -0.15) is 5.06 Å². The summed E-state index contributed by atoms with van der Waals surface area (Å²) in [6.45, 7) is 3.84. The standard InChI is InChI=1S/C6H11N3O2/c1-6(2)8-5(3-7-10)4-9(6)11/h3,10-11H,4H2,1-2H3. The molecule has 0 radical (unpaired) electrons. The molecule has 5 nitrogen and oxygen atoms in total. The lowest BCUT2D eigenvalue weighted by atomic mass is 10.3. The Morgan fingerprint density at radius 3 is 2.73 bits per heavy atom. The molecule has 1 heterocycles. The van der Waals surface area contributed by atoms with E-state index in [9.17, 15) is 5.21 Å². The average molecular weight is 157 g/mol. The molecule has 1 aliphatic heterocycles. The van der Waals surface area contributed by atoms with E-state index >= 15 is 0 Å². The molecule has 0 saturated heterocycles. The Balaban J connectivity index is 2.76. The molecular weight excluding hydrogens is 146 g/mol. The normalized spacial score (nSPS) is 24.5. The summed E-state index contributed by atoms with van der Waals surface area (Å²) in [6.07, 6.45) is 1.22. The van der Waals surface area contributed by atoms with Crippen molar-refractivity contribution in [1.82, 2.24) is 5.06 Å². The molecule has 0 amide bonds. The molecule has 62 valence electrons. The van der Waals surface area contributed by atoms with E-state index < -0.39 is 5.66 Å². The van der Waals surface area contributed by atoms with E-state index in [2.05, 4.69) is 10.1 Å². The average Bonchev–Trinajstić information content (AvgIpc) is 2.08. The number of hydroxylamine groups is 2. The molecule has 0 unspecified atom stereocenters. The van der Waals surface area contributed by atoms with Crippen LogP contribution in [0.25, 0.3) is 0 Å². The van der Waals surface area contributed by atoms with Crippen molar-refractivity contribution < 1.29 is 10.4 Å². The van der Waals surface area contributed by atoms with Gasteiger partial charge < -0.3 is 10.4 Å². The molecule has 5 heteroatoms. The molecule has 1 aliphatic rings. The number of hydrogen-bond acceptors (Lipinski definition) is 5. The largest absolute Gasteiger partial charge is 0.411 e. The maximum Gasteiger partial charge on any atom is 0.130 e. The summed E-state index contributed by atoms with van der Waals surface area (Å²) in [5.41, 5.74) is -0.0312. The van der Waals surface area contributed by atoms with E-state index in [1.54, 1.807) is 13.8 Å². The van der Waals surface area contributed by atoms with Gasteiger partial charge in [-0.05, 0) is 13.8 Å². The van der Waals surface area contributed by atoms with Crippen molar-refractivity contribution in [2.24, 2.45) is 10.1 Å². The summed E-state index contributed by atoms with van der Waals surface area (Å²) in [6, 6.07) is 0. The van der Waals surface area contributed by atoms with Crippen LogP contribution in [0, 0.1) is 0 Å². The summed E-state index contributed by atoms with van der Waals surface area (Å²) in [4.78, 5) is 4.07. The minimum atomic E-state index is -0.601. The highest BCUT2D eigenvalue weighted by molar-refractivity contribution is 6.32. The Bertz CT molecular complexity index is 210. The lowest BCUT2D eigenvalue weighted by Crippen LogP contribution is -2.35. The molecule has 0 aromatic rings. The molecule has 0 fully saturated rings. The predicted molar refractivity (Wildman–Crippen MR) is 40.3 cm³/mol. The van der Waals surface area contributed by atoms with Gasteiger partial charge in [0.2, 0.25) is 0 Å². The van der Waals surface area contributed by atoms with E-state index in [0.717, 1.165) is 5.06 Å². The first-order valence-electron chi connectivity index (χ1n) is 3.29. The lowest BCUT2D eigenvalue weighted by molar-refractivity contribution is -0.136. The Labute approximate surface area is 64.6 Å². The summed E-state index contributed by atoms with van der Waals surface area (Å²) in [5.74, 6) is 0. The summed E-state index contributed by atoms with van der Waals surface area (Å²) < 4.78 is 0. The van der Waals surface area contributed by atoms with Gasteiger partial charge in [0.1, 0.15) is 5.66 Å². The molecule has 0 bridgehead atoms. The number of nitrogens with zero attached hydrogens (tertiary/aromatic N) is 3. The SMILES string of the molecule is CC1(C)N=C(C=NO)CN1O. The van der Waals surface area contributed by atoms with Crippen molar-refractivity contribution in [2.75, 3.05) is 6.54 Å². The van der Waals surface area contributed by atoms with E-state index in [4.69, 9.17) is 5.21 Å². The zero-order valence-corrected chi connectivity index (χ0v) is 6.52. The first-order valence-corrected chi connectivity index (χ1v) is 3.29. The zero-order valence-electron chi connectivity index (χ0n) is 6.52. The number of hydrogen-bond donors (Lipinski definition) is 2. The van der Waals surface area contributed by atoms with Crippen LogP contribution < -0.4 is 0 Å². The van der Waals surface area contributed by atoms with Gasteiger partial charge in [-0.15, -0.1) is 0 Å². The van der Waals surface area contributed by atoms with Crippen LogP contribution in [-0.2, 0) is 0 Å². The van der Waals surface area contributed by atoms with E-state index in [-0.39, 0.29) is 0 Å². The highest BCUT2D eigenvalue weighted by Gasteiger charge is 2.31. The molecule has 0 aromatic carbocycles. The van der Waals surface area contributed by atoms with Crippen LogP contribution in [0.4, 0.5) is 0 Å². The van der Waals surface area contributed by atoms with Crippen LogP contribution >= 0.6 is 0 Å². The van der Waals surface area contributed by atoms with Gasteiger partial charge in [0, 0.05) is 0 Å². The fourth-order valence-electron chi connectivity index (χ4n) is 0.928. The number of oxime groups is 1. The van der Waals surface area contributed by atoms with Crippen LogP contribution in [0.3, 0.4) is 0 Å². The summed E-state index contributed by atoms with van der Waals surface area (Å²) >= 11 is 0. The Kier molecular flexibility index (Phi) is 1.92. The van der Waals surface area contributed by atoms with Crippen LogP contribution in [0.15, 0.2) is 10.1 Å². The molecule has 0 saturated carbocycles. The third-order valence-electron chi connectivity index (χ3n) is 1.57. The second kappa shape index (κ2) is 2.60. The molecule has 0 spiro atoms. The second-order valence-electron chi connectivity index (χ2n) is 2.90. The Hall–Kier alpha value is -0.940. The van der Waals surface area contributed by atoms with Gasteiger partial charge in [-0.3, -0.25) is 4.99 Å². The first kappa shape index (κ1) is 8.16. The molecule has 0 atom stereocenters. The fourth-order valence-corrected chi connectivity index (χ4v) is 0.928. The quantitative estimate of drug-likeness (QED) is 0.327. The third kappa shape index (κ3) is 1.55. The maximum atomic E-state index is 9.23. The molecule has 2 N–H and O–H groups in total. The van der Waals surface area contributed by atoms with Gasteiger partial charge in [-0.25, -0.2) is 0 Å². The van der Waals surface area contributed by atoms with Crippen molar-refractivity contribution in [3.63, 3.8) is 0 Å². The van der Waals surface area contributed by atoms with E-state index in [1.165, 1.54) is 6.21 Å². The fraction of sp³-hybridized carbons (Fsp3) is 0.667. The highest BCUT2D eigenvalue weighted by Crippen LogP contribution is 2.18. The van der Waals surface area contributed by atoms with Crippen molar-refractivity contribution >= 4 is 11.9 Å². The van der Waals surface area contributed by atoms with Crippen molar-refractivity contribution in [1.29, 1.82) is 0 Å². The minimum Gasteiger partial charge on any atom is -0.411 e. The number of rotatable bonds is 1. The highest BCUT2D eigenvalue weighted by atomic mass is 16.5. The monoisotopic (exact) mass is 157 g/mol. The van der Waals surface area contributed by atoms with Gasteiger partial charge in [0.15, 0.2) is 0 Å². The smallest absolute Gasteiger partial charge is 0.130 e. The maximum absolute atomic E-state index is 9.23. The van der Waals surface area contributed by atoms with Crippen LogP contribution in [0.2, 0.25) is 0 Å². The zero-order chi connectivity index (χ0) is 8.48. The van der Waals surface area contributed by atoms with E-state index in [0.29, 0.717) is 12.3 Å². The molecule has 0 aromatic heterocycles. The number of aliphatic imine (C=N–C) groups is 1. The molecule has 0 aliphatic carbocycles. The molecular formula is C6H11N3O2. The van der Waals surface area contributed by atoms with Crippen molar-refractivity contribution in [2.45, 2.75) is 19.5 Å². The van der Waals surface area contributed by atoms with Crippen molar-refractivity contribution in [3.05, 3.63) is 0 Å². The first-order chi connectivity index (χ1) is 5.06. The van der Waals surface area contributed by atoms with Gasteiger partial charge in [-0.1, -0.05) is 5.16 Å². The molecule has 1 rings (SSSR count). The summed E-state index contributed by atoms with van der Waals surface area (Å²) in [7, 11) is 0. The van der Waals surface area contributed by atoms with Crippen LogP contribution in [0.5, 0.6) is 0 Å². The van der Waals surface area contributed by atoms with Crippen molar-refractivity contribution in [3.8, 4) is 0 Å².